The molecule has 0 saturated carbocycles. The van der Waals surface area contributed by atoms with E-state index in [0.717, 1.165) is 71.9 Å². The number of fused-ring (bicyclic) bond motifs is 1. The standard InChI is InChI=1S/C29H31N9O2/c1-19-15-21(27(39)32-9-6-20-3-2-8-31-16-20)4-5-24(19)38-10-7-23-25(22-17-33-28(30)34-18-22)35-29(36-26(23)38)37-11-13-40-14-12-37/h2-5,8,15-18H,6-7,9-14H2,1H3,(H,32,39)(H2,30,33,34). The van der Waals surface area contributed by atoms with Crippen molar-refractivity contribution in [3.8, 4) is 11.3 Å². The van der Waals surface area contributed by atoms with Crippen LogP contribution in [0.1, 0.15) is 27.0 Å². The molecule has 2 aliphatic heterocycles. The van der Waals surface area contributed by atoms with E-state index in [4.69, 9.17) is 20.4 Å². The Balaban J connectivity index is 1.27. The first-order valence-electron chi connectivity index (χ1n) is 13.4. The van der Waals surface area contributed by atoms with Crippen LogP contribution in [0.3, 0.4) is 0 Å². The zero-order chi connectivity index (χ0) is 27.5. The summed E-state index contributed by atoms with van der Waals surface area (Å²) in [6, 6.07) is 9.72. The summed E-state index contributed by atoms with van der Waals surface area (Å²) in [4.78, 5) is 39.7. The third kappa shape index (κ3) is 5.28. The summed E-state index contributed by atoms with van der Waals surface area (Å²) in [6.07, 6.45) is 8.49. The second kappa shape index (κ2) is 11.2. The number of benzene rings is 1. The smallest absolute Gasteiger partial charge is 0.251 e. The molecule has 1 fully saturated rings. The fourth-order valence-electron chi connectivity index (χ4n) is 5.15. The van der Waals surface area contributed by atoms with Gasteiger partial charge in [0.05, 0.1) is 18.9 Å². The van der Waals surface area contributed by atoms with Gasteiger partial charge in [0.15, 0.2) is 0 Å². The van der Waals surface area contributed by atoms with Gasteiger partial charge >= 0.3 is 0 Å². The van der Waals surface area contributed by atoms with Gasteiger partial charge in [0.1, 0.15) is 5.82 Å². The quantitative estimate of drug-likeness (QED) is 0.362. The minimum absolute atomic E-state index is 0.0945. The Morgan fingerprint density at radius 2 is 1.90 bits per heavy atom. The number of nitrogens with one attached hydrogen (secondary N) is 1. The van der Waals surface area contributed by atoms with Crippen molar-refractivity contribution in [1.29, 1.82) is 0 Å². The van der Waals surface area contributed by atoms with Gasteiger partial charge in [-0.05, 0) is 55.2 Å². The fraction of sp³-hybridized carbons (Fsp3) is 0.310. The van der Waals surface area contributed by atoms with Crippen LogP contribution in [-0.2, 0) is 17.6 Å². The summed E-state index contributed by atoms with van der Waals surface area (Å²) in [6.45, 7) is 6.03. The number of carbonyl (C=O) groups is 1. The van der Waals surface area contributed by atoms with E-state index in [1.54, 1.807) is 18.6 Å². The number of aryl methyl sites for hydroxylation is 1. The maximum Gasteiger partial charge on any atom is 0.251 e. The topological polar surface area (TPSA) is 135 Å². The van der Waals surface area contributed by atoms with Crippen molar-refractivity contribution in [2.75, 3.05) is 54.9 Å². The molecule has 1 aromatic carbocycles. The lowest BCUT2D eigenvalue weighted by molar-refractivity contribution is 0.0954. The second-order valence-corrected chi connectivity index (χ2v) is 9.87. The lowest BCUT2D eigenvalue weighted by atomic mass is 10.1. The predicted molar refractivity (Wildman–Crippen MR) is 153 cm³/mol. The molecule has 0 radical (unpaired) electrons. The van der Waals surface area contributed by atoms with Crippen LogP contribution in [0.2, 0.25) is 0 Å². The monoisotopic (exact) mass is 537 g/mol. The molecule has 2 aliphatic rings. The van der Waals surface area contributed by atoms with Crippen LogP contribution in [-0.4, -0.2) is 70.2 Å². The minimum atomic E-state index is -0.0945. The number of aromatic nitrogens is 5. The summed E-state index contributed by atoms with van der Waals surface area (Å²) < 4.78 is 5.55. The van der Waals surface area contributed by atoms with Crippen LogP contribution in [0.25, 0.3) is 11.3 Å². The van der Waals surface area contributed by atoms with Crippen LogP contribution in [0.4, 0.5) is 23.4 Å². The largest absolute Gasteiger partial charge is 0.378 e. The van der Waals surface area contributed by atoms with E-state index >= 15 is 0 Å². The average Bonchev–Trinajstić information content (AvgIpc) is 3.42. The number of anilines is 4. The molecule has 40 heavy (non-hydrogen) atoms. The summed E-state index contributed by atoms with van der Waals surface area (Å²) in [7, 11) is 0. The van der Waals surface area contributed by atoms with Gasteiger partial charge in [-0.15, -0.1) is 0 Å². The van der Waals surface area contributed by atoms with E-state index in [2.05, 4.69) is 30.1 Å². The van der Waals surface area contributed by atoms with Crippen LogP contribution in [0, 0.1) is 6.92 Å². The van der Waals surface area contributed by atoms with E-state index in [1.165, 1.54) is 0 Å². The number of nitrogens with zero attached hydrogens (tertiary/aromatic N) is 7. The molecular weight excluding hydrogens is 506 g/mol. The Morgan fingerprint density at radius 1 is 1.07 bits per heavy atom. The van der Waals surface area contributed by atoms with Crippen molar-refractivity contribution in [3.63, 3.8) is 0 Å². The van der Waals surface area contributed by atoms with E-state index < -0.39 is 0 Å². The van der Waals surface area contributed by atoms with Gasteiger partial charge in [0.2, 0.25) is 11.9 Å². The first kappa shape index (κ1) is 25.6. The molecule has 6 rings (SSSR count). The first-order valence-corrected chi connectivity index (χ1v) is 13.4. The van der Waals surface area contributed by atoms with Crippen LogP contribution >= 0.6 is 0 Å². The van der Waals surface area contributed by atoms with Crippen molar-refractivity contribution in [1.82, 2.24) is 30.2 Å². The van der Waals surface area contributed by atoms with Crippen molar-refractivity contribution in [2.45, 2.75) is 19.8 Å². The molecule has 11 heteroatoms. The number of rotatable bonds is 7. The minimum Gasteiger partial charge on any atom is -0.378 e. The number of morpholine rings is 1. The maximum atomic E-state index is 12.9. The van der Waals surface area contributed by atoms with Gasteiger partial charge in [-0.2, -0.15) is 4.98 Å². The number of amides is 1. The van der Waals surface area contributed by atoms with Crippen LogP contribution in [0.15, 0.2) is 55.1 Å². The molecule has 0 unspecified atom stereocenters. The number of ether oxygens (including phenoxy) is 1. The second-order valence-electron chi connectivity index (χ2n) is 9.87. The van der Waals surface area contributed by atoms with Gasteiger partial charge < -0.3 is 25.6 Å². The molecule has 0 aliphatic carbocycles. The van der Waals surface area contributed by atoms with Crippen LogP contribution in [0.5, 0.6) is 0 Å². The van der Waals surface area contributed by atoms with E-state index in [9.17, 15) is 4.79 Å². The number of nitrogen functional groups attached to an aromatic ring is 1. The molecule has 0 bridgehead atoms. The van der Waals surface area contributed by atoms with Crippen molar-refractivity contribution >= 4 is 29.3 Å². The third-order valence-electron chi connectivity index (χ3n) is 7.23. The van der Waals surface area contributed by atoms with E-state index in [0.29, 0.717) is 31.3 Å². The van der Waals surface area contributed by atoms with Crippen molar-refractivity contribution in [2.24, 2.45) is 0 Å². The summed E-state index contributed by atoms with van der Waals surface area (Å²) in [5.41, 5.74) is 12.1. The Kier molecular flexibility index (Phi) is 7.19. The molecule has 204 valence electrons. The van der Waals surface area contributed by atoms with E-state index in [-0.39, 0.29) is 11.9 Å². The van der Waals surface area contributed by atoms with Gasteiger partial charge in [-0.3, -0.25) is 9.78 Å². The van der Waals surface area contributed by atoms with Crippen molar-refractivity contribution < 1.29 is 9.53 Å². The number of carbonyl (C=O) groups excluding carboxylic acids is 1. The summed E-state index contributed by atoms with van der Waals surface area (Å²) >= 11 is 0. The zero-order valence-electron chi connectivity index (χ0n) is 22.4. The molecule has 1 saturated heterocycles. The molecule has 4 aromatic rings. The molecule has 11 nitrogen and oxygen atoms in total. The van der Waals surface area contributed by atoms with Gasteiger partial charge in [0.25, 0.3) is 5.91 Å². The third-order valence-corrected chi connectivity index (χ3v) is 7.23. The molecule has 3 aromatic heterocycles. The normalized spacial score (nSPS) is 14.7. The maximum absolute atomic E-state index is 12.9. The predicted octanol–water partition coefficient (Wildman–Crippen LogP) is 2.72. The number of pyridine rings is 1. The molecular formula is C29H31N9O2. The Hall–Kier alpha value is -4.64. The fourth-order valence-corrected chi connectivity index (χ4v) is 5.15. The number of hydrogen-bond donors (Lipinski definition) is 2. The number of hydrogen-bond acceptors (Lipinski definition) is 10. The zero-order valence-corrected chi connectivity index (χ0v) is 22.4. The molecule has 5 heterocycles. The van der Waals surface area contributed by atoms with Gasteiger partial charge in [0, 0.05) is 73.3 Å². The molecule has 1 amide bonds. The highest BCUT2D eigenvalue weighted by atomic mass is 16.5. The van der Waals surface area contributed by atoms with Crippen LogP contribution < -0.4 is 20.9 Å². The molecule has 0 atom stereocenters. The van der Waals surface area contributed by atoms with E-state index in [1.807, 2.05) is 43.5 Å². The lowest BCUT2D eigenvalue weighted by Crippen LogP contribution is -2.37. The Bertz CT molecular complexity index is 1510. The molecule has 0 spiro atoms. The van der Waals surface area contributed by atoms with Crippen molar-refractivity contribution in [3.05, 3.63) is 77.4 Å². The Morgan fingerprint density at radius 3 is 2.65 bits per heavy atom. The first-order chi connectivity index (χ1) is 19.6. The highest BCUT2D eigenvalue weighted by molar-refractivity contribution is 5.95. The Labute approximate surface area is 232 Å². The number of nitrogens with two attached hydrogens (primary N) is 1. The summed E-state index contributed by atoms with van der Waals surface area (Å²) in [5, 5.41) is 3.02. The highest BCUT2D eigenvalue weighted by Crippen LogP contribution is 2.40. The summed E-state index contributed by atoms with van der Waals surface area (Å²) in [5.74, 6) is 1.65. The molecule has 3 N–H and O–H groups in total. The van der Waals surface area contributed by atoms with Gasteiger partial charge in [-0.25, -0.2) is 15.0 Å². The average molecular weight is 538 g/mol. The lowest BCUT2D eigenvalue weighted by Gasteiger charge is -2.28. The van der Waals surface area contributed by atoms with Gasteiger partial charge in [-0.1, -0.05) is 6.07 Å². The highest BCUT2D eigenvalue weighted by Gasteiger charge is 2.30. The SMILES string of the molecule is Cc1cc(C(=O)NCCc2cccnc2)ccc1N1CCc2c(-c3cnc(N)nc3)nc(N3CCOCC3)nc21.